The zero-order valence-corrected chi connectivity index (χ0v) is 14.0. The predicted octanol–water partition coefficient (Wildman–Crippen LogP) is 1.92. The number of pyridine rings is 1. The van der Waals surface area contributed by atoms with Crippen molar-refractivity contribution in [3.05, 3.63) is 62.9 Å². The number of rotatable bonds is 3. The monoisotopic (exact) mass is 339 g/mol. The molecule has 3 N–H and O–H groups in total. The van der Waals surface area contributed by atoms with E-state index >= 15 is 0 Å². The highest BCUT2D eigenvalue weighted by Gasteiger charge is 2.33. The summed E-state index contributed by atoms with van der Waals surface area (Å²) in [5.74, 6) is 0.717. The van der Waals surface area contributed by atoms with Gasteiger partial charge in [-0.1, -0.05) is 6.07 Å². The molecule has 7 heteroatoms. The van der Waals surface area contributed by atoms with Crippen molar-refractivity contribution in [2.75, 3.05) is 14.2 Å². The number of hydrogen-bond acceptors (Lipinski definition) is 6. The zero-order valence-electron chi connectivity index (χ0n) is 14.0. The molecule has 0 saturated heterocycles. The SMILES string of the molecule is COc1ccc([C@H]2C(C#N)=C(N)Oc3cc(C)[nH]c(=O)c32)cc1OC. The van der Waals surface area contributed by atoms with Gasteiger partial charge in [0.2, 0.25) is 5.88 Å². The van der Waals surface area contributed by atoms with E-state index < -0.39 is 5.92 Å². The number of nitriles is 1. The number of aromatic amines is 1. The molecule has 1 aromatic carbocycles. The number of nitrogens with two attached hydrogens (primary N) is 1. The molecule has 0 amide bonds. The third kappa shape index (κ3) is 2.68. The summed E-state index contributed by atoms with van der Waals surface area (Å²) in [5, 5.41) is 9.56. The summed E-state index contributed by atoms with van der Waals surface area (Å²) in [6, 6.07) is 8.95. The van der Waals surface area contributed by atoms with Gasteiger partial charge in [-0.25, -0.2) is 0 Å². The molecule has 128 valence electrons. The molecule has 0 spiro atoms. The Hall–Kier alpha value is -3.40. The van der Waals surface area contributed by atoms with Crippen molar-refractivity contribution in [3.63, 3.8) is 0 Å². The predicted molar refractivity (Wildman–Crippen MR) is 90.6 cm³/mol. The highest BCUT2D eigenvalue weighted by Crippen LogP contribution is 2.42. The van der Waals surface area contributed by atoms with Crippen LogP contribution in [0.2, 0.25) is 0 Å². The fourth-order valence-corrected chi connectivity index (χ4v) is 2.97. The van der Waals surface area contributed by atoms with Gasteiger partial charge in [0.25, 0.3) is 5.56 Å². The summed E-state index contributed by atoms with van der Waals surface area (Å²) < 4.78 is 16.1. The molecule has 1 atom stereocenters. The van der Waals surface area contributed by atoms with Crippen LogP contribution in [0.3, 0.4) is 0 Å². The number of nitrogens with zero attached hydrogens (tertiary/aromatic N) is 1. The van der Waals surface area contributed by atoms with E-state index in [0.717, 1.165) is 0 Å². The summed E-state index contributed by atoms with van der Waals surface area (Å²) in [6.07, 6.45) is 0. The van der Waals surface area contributed by atoms with E-state index in [4.69, 9.17) is 19.9 Å². The van der Waals surface area contributed by atoms with E-state index in [1.807, 2.05) is 0 Å². The standard InChI is InChI=1S/C18H17N3O4/c1-9-6-14-16(18(22)21-9)15(11(8-19)17(20)25-14)10-4-5-12(23-2)13(7-10)24-3/h4-7,15H,20H2,1-3H3,(H,21,22)/t15-/m0/s1. The van der Waals surface area contributed by atoms with E-state index in [9.17, 15) is 10.1 Å². The van der Waals surface area contributed by atoms with Crippen LogP contribution in [0.25, 0.3) is 0 Å². The molecule has 2 aromatic rings. The van der Waals surface area contributed by atoms with E-state index in [1.165, 1.54) is 14.2 Å². The van der Waals surface area contributed by atoms with Gasteiger partial charge in [-0.15, -0.1) is 0 Å². The minimum atomic E-state index is -0.655. The quantitative estimate of drug-likeness (QED) is 0.884. The van der Waals surface area contributed by atoms with Gasteiger partial charge in [-0.2, -0.15) is 5.26 Å². The number of allylic oxidation sites excluding steroid dienone is 1. The second-order valence-electron chi connectivity index (χ2n) is 5.60. The molecule has 1 aromatic heterocycles. The Morgan fingerprint density at radius 1 is 1.24 bits per heavy atom. The second kappa shape index (κ2) is 6.24. The average molecular weight is 339 g/mol. The van der Waals surface area contributed by atoms with Gasteiger partial charge in [-0.3, -0.25) is 4.79 Å². The van der Waals surface area contributed by atoms with Gasteiger partial charge in [0.05, 0.1) is 25.7 Å². The maximum atomic E-state index is 12.5. The number of fused-ring (bicyclic) bond motifs is 1. The van der Waals surface area contributed by atoms with E-state index in [2.05, 4.69) is 11.1 Å². The van der Waals surface area contributed by atoms with Gasteiger partial charge in [0, 0.05) is 11.8 Å². The normalized spacial score (nSPS) is 15.8. The number of H-pyrrole nitrogens is 1. The second-order valence-corrected chi connectivity index (χ2v) is 5.60. The summed E-state index contributed by atoms with van der Waals surface area (Å²) in [7, 11) is 3.05. The molecule has 0 aliphatic carbocycles. The number of hydrogen-bond donors (Lipinski definition) is 2. The van der Waals surface area contributed by atoms with E-state index in [-0.39, 0.29) is 17.0 Å². The Bertz CT molecular complexity index is 969. The van der Waals surface area contributed by atoms with Crippen LogP contribution in [-0.4, -0.2) is 19.2 Å². The van der Waals surface area contributed by atoms with Gasteiger partial charge in [0.1, 0.15) is 17.4 Å². The largest absolute Gasteiger partial charge is 0.493 e. The fourth-order valence-electron chi connectivity index (χ4n) is 2.97. The first kappa shape index (κ1) is 16.5. The zero-order chi connectivity index (χ0) is 18.1. The smallest absolute Gasteiger partial charge is 0.256 e. The van der Waals surface area contributed by atoms with Crippen LogP contribution in [0.15, 0.2) is 40.5 Å². The van der Waals surface area contributed by atoms with E-state index in [0.29, 0.717) is 34.1 Å². The van der Waals surface area contributed by atoms with Crippen LogP contribution in [-0.2, 0) is 0 Å². The lowest BCUT2D eigenvalue weighted by Crippen LogP contribution is -2.28. The topological polar surface area (TPSA) is 110 Å². The van der Waals surface area contributed by atoms with Crippen LogP contribution < -0.4 is 25.5 Å². The van der Waals surface area contributed by atoms with Crippen molar-refractivity contribution in [1.82, 2.24) is 4.98 Å². The fraction of sp³-hybridized carbons (Fsp3) is 0.222. The van der Waals surface area contributed by atoms with Crippen LogP contribution in [0.4, 0.5) is 0 Å². The number of nitrogens with one attached hydrogen (secondary N) is 1. The average Bonchev–Trinajstić information content (AvgIpc) is 2.59. The number of methoxy groups -OCH3 is 2. The van der Waals surface area contributed by atoms with Crippen LogP contribution in [0.1, 0.15) is 22.7 Å². The third-order valence-corrected chi connectivity index (χ3v) is 4.09. The Morgan fingerprint density at radius 3 is 2.60 bits per heavy atom. The molecule has 0 saturated carbocycles. The Kier molecular flexibility index (Phi) is 4.11. The van der Waals surface area contributed by atoms with Crippen molar-refractivity contribution >= 4 is 0 Å². The van der Waals surface area contributed by atoms with Gasteiger partial charge >= 0.3 is 0 Å². The van der Waals surface area contributed by atoms with Crippen molar-refractivity contribution in [1.29, 1.82) is 5.26 Å². The molecule has 2 heterocycles. The van der Waals surface area contributed by atoms with Crippen LogP contribution in [0, 0.1) is 18.3 Å². The van der Waals surface area contributed by atoms with Gasteiger partial charge in [0.15, 0.2) is 11.5 Å². The lowest BCUT2D eigenvalue weighted by atomic mass is 9.84. The number of aromatic nitrogens is 1. The molecule has 0 fully saturated rings. The molecule has 3 rings (SSSR count). The Labute approximate surface area is 144 Å². The molecule has 0 radical (unpaired) electrons. The van der Waals surface area contributed by atoms with Crippen molar-refractivity contribution in [2.24, 2.45) is 5.73 Å². The Morgan fingerprint density at radius 2 is 1.96 bits per heavy atom. The number of benzene rings is 1. The first-order chi connectivity index (χ1) is 12.0. The molecular weight excluding hydrogens is 322 g/mol. The summed E-state index contributed by atoms with van der Waals surface area (Å²) in [5.41, 5.74) is 7.43. The number of aryl methyl sites for hydroxylation is 1. The van der Waals surface area contributed by atoms with Crippen LogP contribution in [0.5, 0.6) is 17.2 Å². The lowest BCUT2D eigenvalue weighted by Gasteiger charge is -2.26. The van der Waals surface area contributed by atoms with Gasteiger partial charge < -0.3 is 24.9 Å². The lowest BCUT2D eigenvalue weighted by molar-refractivity contribution is 0.354. The highest BCUT2D eigenvalue weighted by molar-refractivity contribution is 5.57. The first-order valence-electron chi connectivity index (χ1n) is 7.53. The maximum Gasteiger partial charge on any atom is 0.256 e. The van der Waals surface area contributed by atoms with E-state index in [1.54, 1.807) is 31.2 Å². The Balaban J connectivity index is 2.28. The van der Waals surface area contributed by atoms with Crippen molar-refractivity contribution < 1.29 is 14.2 Å². The van der Waals surface area contributed by atoms with Crippen molar-refractivity contribution in [2.45, 2.75) is 12.8 Å². The third-order valence-electron chi connectivity index (χ3n) is 4.09. The van der Waals surface area contributed by atoms with Crippen LogP contribution >= 0.6 is 0 Å². The summed E-state index contributed by atoms with van der Waals surface area (Å²) >= 11 is 0. The first-order valence-corrected chi connectivity index (χ1v) is 7.53. The summed E-state index contributed by atoms with van der Waals surface area (Å²) in [4.78, 5) is 15.3. The molecule has 0 unspecified atom stereocenters. The molecular formula is C18H17N3O4. The van der Waals surface area contributed by atoms with Gasteiger partial charge in [-0.05, 0) is 24.6 Å². The minimum Gasteiger partial charge on any atom is -0.493 e. The summed E-state index contributed by atoms with van der Waals surface area (Å²) in [6.45, 7) is 1.75. The molecule has 1 aliphatic heterocycles. The molecule has 25 heavy (non-hydrogen) atoms. The van der Waals surface area contributed by atoms with Crippen molar-refractivity contribution in [3.8, 4) is 23.3 Å². The molecule has 7 nitrogen and oxygen atoms in total. The molecule has 0 bridgehead atoms. The maximum absolute atomic E-state index is 12.5. The highest BCUT2D eigenvalue weighted by atomic mass is 16.5. The minimum absolute atomic E-state index is 0.0141. The number of ether oxygens (including phenoxy) is 3. The molecule has 1 aliphatic rings.